The Balaban J connectivity index is 2.37. The molecular formula is C11H23N3O. The molecule has 1 saturated heterocycles. The van der Waals surface area contributed by atoms with Gasteiger partial charge in [-0.15, -0.1) is 0 Å². The molecule has 1 rings (SSSR count). The first kappa shape index (κ1) is 12.5. The van der Waals surface area contributed by atoms with Crippen LogP contribution in [0.3, 0.4) is 0 Å². The summed E-state index contributed by atoms with van der Waals surface area (Å²) in [4.78, 5) is 15.8. The third-order valence-corrected chi connectivity index (χ3v) is 3.07. The van der Waals surface area contributed by atoms with E-state index in [4.69, 9.17) is 5.73 Å². The first-order valence-corrected chi connectivity index (χ1v) is 5.74. The highest BCUT2D eigenvalue weighted by Gasteiger charge is 2.21. The molecule has 0 bridgehead atoms. The highest BCUT2D eigenvalue weighted by atomic mass is 16.2. The molecule has 0 aliphatic carbocycles. The summed E-state index contributed by atoms with van der Waals surface area (Å²) >= 11 is 0. The van der Waals surface area contributed by atoms with E-state index in [1.807, 2.05) is 20.9 Å². The van der Waals surface area contributed by atoms with Crippen LogP contribution in [0.2, 0.25) is 0 Å². The van der Waals surface area contributed by atoms with Crippen LogP contribution in [-0.2, 0) is 4.79 Å². The zero-order valence-corrected chi connectivity index (χ0v) is 10.1. The predicted molar refractivity (Wildman–Crippen MR) is 61.6 cm³/mol. The first-order chi connectivity index (χ1) is 7.00. The highest BCUT2D eigenvalue weighted by Crippen LogP contribution is 2.08. The molecule has 1 amide bonds. The van der Waals surface area contributed by atoms with Gasteiger partial charge >= 0.3 is 0 Å². The summed E-state index contributed by atoms with van der Waals surface area (Å²) in [7, 11) is 1.86. The predicted octanol–water partition coefficient (Wildman–Crippen LogP) is 0.276. The minimum absolute atomic E-state index is 0.194. The number of hydrogen-bond donors (Lipinski definition) is 1. The van der Waals surface area contributed by atoms with Crippen LogP contribution in [0.4, 0.5) is 0 Å². The molecule has 2 N–H and O–H groups in total. The van der Waals surface area contributed by atoms with Gasteiger partial charge in [0.2, 0.25) is 5.91 Å². The fourth-order valence-corrected chi connectivity index (χ4v) is 1.83. The van der Waals surface area contributed by atoms with Crippen molar-refractivity contribution in [3.63, 3.8) is 0 Å². The number of amides is 1. The second-order valence-corrected chi connectivity index (χ2v) is 4.74. The molecule has 1 fully saturated rings. The van der Waals surface area contributed by atoms with Crippen LogP contribution in [-0.4, -0.2) is 54.5 Å². The number of likely N-dealkylation sites (tertiary alicyclic amines) is 1. The third kappa shape index (κ3) is 3.80. The van der Waals surface area contributed by atoms with Crippen molar-refractivity contribution in [2.45, 2.75) is 38.8 Å². The van der Waals surface area contributed by atoms with Crippen LogP contribution in [0.25, 0.3) is 0 Å². The van der Waals surface area contributed by atoms with Crippen molar-refractivity contribution in [3.8, 4) is 0 Å². The molecule has 1 aliphatic rings. The largest absolute Gasteiger partial charge is 0.342 e. The van der Waals surface area contributed by atoms with Crippen molar-refractivity contribution >= 4 is 5.91 Å². The Morgan fingerprint density at radius 1 is 1.60 bits per heavy atom. The molecule has 4 heteroatoms. The highest BCUT2D eigenvalue weighted by molar-refractivity contribution is 5.78. The van der Waals surface area contributed by atoms with Gasteiger partial charge in [-0.25, -0.2) is 0 Å². The summed E-state index contributed by atoms with van der Waals surface area (Å²) < 4.78 is 0. The van der Waals surface area contributed by atoms with Gasteiger partial charge in [0, 0.05) is 25.7 Å². The molecule has 1 unspecified atom stereocenters. The average Bonchev–Trinajstić information content (AvgIpc) is 2.16. The van der Waals surface area contributed by atoms with E-state index in [1.165, 1.54) is 0 Å². The van der Waals surface area contributed by atoms with Crippen LogP contribution in [0.5, 0.6) is 0 Å². The standard InChI is InChI=1S/C11H23N3O/c1-9(2)13(3)11(15)8-14-6-4-5-10(12)7-14/h9-10H,4-8,12H2,1-3H3. The lowest BCUT2D eigenvalue weighted by molar-refractivity contribution is -0.132. The number of rotatable bonds is 3. The smallest absolute Gasteiger partial charge is 0.236 e. The lowest BCUT2D eigenvalue weighted by Crippen LogP contribution is -2.48. The van der Waals surface area contributed by atoms with E-state index in [9.17, 15) is 4.79 Å². The number of likely N-dealkylation sites (N-methyl/N-ethyl adjacent to an activating group) is 1. The maximum absolute atomic E-state index is 11.8. The Kier molecular flexibility index (Phi) is 4.54. The van der Waals surface area contributed by atoms with Gasteiger partial charge in [0.15, 0.2) is 0 Å². The lowest BCUT2D eigenvalue weighted by atomic mass is 10.1. The zero-order chi connectivity index (χ0) is 11.4. The normalized spacial score (nSPS) is 23.1. The quantitative estimate of drug-likeness (QED) is 0.732. The van der Waals surface area contributed by atoms with Crippen LogP contribution in [0.1, 0.15) is 26.7 Å². The molecule has 0 spiro atoms. The number of piperidine rings is 1. The molecular weight excluding hydrogens is 190 g/mol. The summed E-state index contributed by atoms with van der Waals surface area (Å²) in [5, 5.41) is 0. The van der Waals surface area contributed by atoms with E-state index in [1.54, 1.807) is 4.90 Å². The van der Waals surface area contributed by atoms with Gasteiger partial charge in [0.05, 0.1) is 6.54 Å². The van der Waals surface area contributed by atoms with E-state index < -0.39 is 0 Å². The number of carbonyl (C=O) groups is 1. The molecule has 1 heterocycles. The van der Waals surface area contributed by atoms with Gasteiger partial charge in [-0.3, -0.25) is 9.69 Å². The SMILES string of the molecule is CC(C)N(C)C(=O)CN1CCCC(N)C1. The van der Waals surface area contributed by atoms with Crippen molar-refractivity contribution in [2.24, 2.45) is 5.73 Å². The zero-order valence-electron chi connectivity index (χ0n) is 10.1. The summed E-state index contributed by atoms with van der Waals surface area (Å²) in [5.74, 6) is 0.194. The van der Waals surface area contributed by atoms with E-state index in [-0.39, 0.29) is 18.0 Å². The van der Waals surface area contributed by atoms with E-state index in [0.29, 0.717) is 6.54 Å². The van der Waals surface area contributed by atoms with Gasteiger partial charge in [-0.2, -0.15) is 0 Å². The van der Waals surface area contributed by atoms with Crippen molar-refractivity contribution < 1.29 is 4.79 Å². The summed E-state index contributed by atoms with van der Waals surface area (Å²) in [6, 6.07) is 0.520. The van der Waals surface area contributed by atoms with Crippen LogP contribution in [0, 0.1) is 0 Å². The molecule has 0 aromatic heterocycles. The minimum Gasteiger partial charge on any atom is -0.342 e. The molecule has 4 nitrogen and oxygen atoms in total. The minimum atomic E-state index is 0.194. The molecule has 0 aromatic rings. The van der Waals surface area contributed by atoms with Gasteiger partial charge < -0.3 is 10.6 Å². The van der Waals surface area contributed by atoms with Gasteiger partial charge in [-0.1, -0.05) is 0 Å². The summed E-state index contributed by atoms with van der Waals surface area (Å²) in [6.45, 7) is 6.44. The average molecular weight is 213 g/mol. The second-order valence-electron chi connectivity index (χ2n) is 4.74. The molecule has 0 saturated carbocycles. The van der Waals surface area contributed by atoms with E-state index in [0.717, 1.165) is 25.9 Å². The number of nitrogens with zero attached hydrogens (tertiary/aromatic N) is 2. The first-order valence-electron chi connectivity index (χ1n) is 5.74. The lowest BCUT2D eigenvalue weighted by Gasteiger charge is -2.32. The summed E-state index contributed by atoms with van der Waals surface area (Å²) in [5.41, 5.74) is 5.87. The summed E-state index contributed by atoms with van der Waals surface area (Å²) in [6.07, 6.45) is 2.20. The van der Waals surface area contributed by atoms with Crippen molar-refractivity contribution in [1.29, 1.82) is 0 Å². The number of hydrogen-bond acceptors (Lipinski definition) is 3. The maximum Gasteiger partial charge on any atom is 0.236 e. The van der Waals surface area contributed by atoms with Crippen molar-refractivity contribution in [2.75, 3.05) is 26.7 Å². The van der Waals surface area contributed by atoms with Gasteiger partial charge in [0.25, 0.3) is 0 Å². The van der Waals surface area contributed by atoms with Crippen LogP contribution >= 0.6 is 0 Å². The fourth-order valence-electron chi connectivity index (χ4n) is 1.83. The van der Waals surface area contributed by atoms with E-state index >= 15 is 0 Å². The van der Waals surface area contributed by atoms with E-state index in [2.05, 4.69) is 4.90 Å². The molecule has 1 atom stereocenters. The molecule has 1 aliphatic heterocycles. The van der Waals surface area contributed by atoms with Crippen LogP contribution in [0.15, 0.2) is 0 Å². The Hall–Kier alpha value is -0.610. The molecule has 88 valence electrons. The van der Waals surface area contributed by atoms with Crippen molar-refractivity contribution in [3.05, 3.63) is 0 Å². The molecule has 0 aromatic carbocycles. The van der Waals surface area contributed by atoms with Crippen molar-refractivity contribution in [1.82, 2.24) is 9.80 Å². The molecule has 15 heavy (non-hydrogen) atoms. The van der Waals surface area contributed by atoms with Crippen LogP contribution < -0.4 is 5.73 Å². The van der Waals surface area contributed by atoms with Gasteiger partial charge in [-0.05, 0) is 33.2 Å². The monoisotopic (exact) mass is 213 g/mol. The fraction of sp³-hybridized carbons (Fsp3) is 0.909. The van der Waals surface area contributed by atoms with Gasteiger partial charge in [0.1, 0.15) is 0 Å². The maximum atomic E-state index is 11.8. The number of carbonyl (C=O) groups excluding carboxylic acids is 1. The second kappa shape index (κ2) is 5.47. The Morgan fingerprint density at radius 3 is 2.80 bits per heavy atom. The topological polar surface area (TPSA) is 49.6 Å². The third-order valence-electron chi connectivity index (χ3n) is 3.07. The number of nitrogens with two attached hydrogens (primary N) is 1. The Bertz CT molecular complexity index is 218. The Morgan fingerprint density at radius 2 is 2.27 bits per heavy atom. The Labute approximate surface area is 92.4 Å². The molecule has 0 radical (unpaired) electrons.